The molecule has 3 heteroatoms. The molecule has 1 N–H and O–H groups in total. The van der Waals surface area contributed by atoms with E-state index in [4.69, 9.17) is 9.84 Å². The molecule has 3 nitrogen and oxygen atoms in total. The maximum atomic E-state index is 8.69. The SMILES string of the molecule is CN1CCc2cc(OCCCCO)ccc2C1. The lowest BCUT2D eigenvalue weighted by Gasteiger charge is -2.25. The second-order valence-electron chi connectivity index (χ2n) is 4.70. The highest BCUT2D eigenvalue weighted by Gasteiger charge is 2.13. The highest BCUT2D eigenvalue weighted by Crippen LogP contribution is 2.23. The smallest absolute Gasteiger partial charge is 0.119 e. The van der Waals surface area contributed by atoms with Crippen molar-refractivity contribution in [3.63, 3.8) is 0 Å². The average Bonchev–Trinajstić information content (AvgIpc) is 2.35. The predicted molar refractivity (Wildman–Crippen MR) is 68.3 cm³/mol. The van der Waals surface area contributed by atoms with Gasteiger partial charge in [-0.3, -0.25) is 0 Å². The largest absolute Gasteiger partial charge is 0.494 e. The minimum absolute atomic E-state index is 0.250. The van der Waals surface area contributed by atoms with E-state index in [-0.39, 0.29) is 6.61 Å². The molecule has 1 aliphatic rings. The Balaban J connectivity index is 1.92. The van der Waals surface area contributed by atoms with Gasteiger partial charge in [-0.15, -0.1) is 0 Å². The van der Waals surface area contributed by atoms with Gasteiger partial charge < -0.3 is 14.7 Å². The number of benzene rings is 1. The van der Waals surface area contributed by atoms with Crippen LogP contribution in [0.1, 0.15) is 24.0 Å². The fourth-order valence-electron chi connectivity index (χ4n) is 2.16. The number of hydrogen-bond acceptors (Lipinski definition) is 3. The van der Waals surface area contributed by atoms with Gasteiger partial charge in [0.15, 0.2) is 0 Å². The lowest BCUT2D eigenvalue weighted by Crippen LogP contribution is -2.26. The van der Waals surface area contributed by atoms with Crippen molar-refractivity contribution in [1.29, 1.82) is 0 Å². The molecular weight excluding hydrogens is 214 g/mol. The van der Waals surface area contributed by atoms with Crippen LogP contribution in [0.3, 0.4) is 0 Å². The second-order valence-corrected chi connectivity index (χ2v) is 4.70. The summed E-state index contributed by atoms with van der Waals surface area (Å²) in [4.78, 5) is 2.34. The number of unbranched alkanes of at least 4 members (excludes halogenated alkanes) is 1. The first kappa shape index (κ1) is 12.4. The molecule has 0 unspecified atom stereocenters. The number of ether oxygens (including phenoxy) is 1. The molecule has 0 saturated heterocycles. The van der Waals surface area contributed by atoms with E-state index in [1.165, 1.54) is 11.1 Å². The van der Waals surface area contributed by atoms with Gasteiger partial charge in [0.1, 0.15) is 5.75 Å². The molecule has 0 amide bonds. The lowest BCUT2D eigenvalue weighted by atomic mass is 10.00. The maximum Gasteiger partial charge on any atom is 0.119 e. The van der Waals surface area contributed by atoms with Gasteiger partial charge in [-0.2, -0.15) is 0 Å². The van der Waals surface area contributed by atoms with E-state index in [1.807, 2.05) is 0 Å². The summed E-state index contributed by atoms with van der Waals surface area (Å²) in [6.45, 7) is 3.11. The van der Waals surface area contributed by atoms with E-state index in [0.29, 0.717) is 6.61 Å². The van der Waals surface area contributed by atoms with Crippen LogP contribution in [0.25, 0.3) is 0 Å². The molecule has 1 aliphatic heterocycles. The number of hydrogen-bond donors (Lipinski definition) is 1. The van der Waals surface area contributed by atoms with Crippen LogP contribution in [0, 0.1) is 0 Å². The lowest BCUT2D eigenvalue weighted by molar-refractivity contribution is 0.252. The summed E-state index contributed by atoms with van der Waals surface area (Å²) in [5, 5.41) is 8.69. The van der Waals surface area contributed by atoms with Crippen molar-refractivity contribution in [3.05, 3.63) is 29.3 Å². The zero-order valence-corrected chi connectivity index (χ0v) is 10.5. The van der Waals surface area contributed by atoms with Crippen LogP contribution in [0.15, 0.2) is 18.2 Å². The summed E-state index contributed by atoms with van der Waals surface area (Å²) < 4.78 is 5.68. The van der Waals surface area contributed by atoms with Gasteiger partial charge in [0, 0.05) is 19.7 Å². The number of likely N-dealkylation sites (N-methyl/N-ethyl adjacent to an activating group) is 1. The zero-order chi connectivity index (χ0) is 12.1. The summed E-state index contributed by atoms with van der Waals surface area (Å²) in [5.74, 6) is 0.964. The van der Waals surface area contributed by atoms with Crippen LogP contribution < -0.4 is 4.74 Å². The monoisotopic (exact) mass is 235 g/mol. The van der Waals surface area contributed by atoms with Crippen molar-refractivity contribution < 1.29 is 9.84 Å². The van der Waals surface area contributed by atoms with E-state index in [2.05, 4.69) is 30.1 Å². The van der Waals surface area contributed by atoms with Crippen molar-refractivity contribution in [2.24, 2.45) is 0 Å². The summed E-state index contributed by atoms with van der Waals surface area (Å²) in [7, 11) is 2.16. The molecule has 0 bridgehead atoms. The summed E-state index contributed by atoms with van der Waals surface area (Å²) in [5.41, 5.74) is 2.84. The number of aliphatic hydroxyl groups is 1. The molecule has 0 aromatic heterocycles. The minimum Gasteiger partial charge on any atom is -0.494 e. The second kappa shape index (κ2) is 6.03. The minimum atomic E-state index is 0.250. The van der Waals surface area contributed by atoms with Crippen LogP contribution in [0.4, 0.5) is 0 Å². The Labute approximate surface area is 103 Å². The van der Waals surface area contributed by atoms with Crippen molar-refractivity contribution >= 4 is 0 Å². The molecule has 0 fully saturated rings. The molecular formula is C14H21NO2. The summed E-state index contributed by atoms with van der Waals surface area (Å²) in [6.07, 6.45) is 2.84. The first-order chi connectivity index (χ1) is 8.29. The highest BCUT2D eigenvalue weighted by molar-refractivity contribution is 5.37. The van der Waals surface area contributed by atoms with Crippen molar-refractivity contribution in [2.75, 3.05) is 26.8 Å². The van der Waals surface area contributed by atoms with Gasteiger partial charge in [-0.05, 0) is 49.6 Å². The molecule has 1 aromatic carbocycles. The maximum absolute atomic E-state index is 8.69. The van der Waals surface area contributed by atoms with E-state index < -0.39 is 0 Å². The van der Waals surface area contributed by atoms with Crippen LogP contribution in [0.2, 0.25) is 0 Å². The Morgan fingerprint density at radius 3 is 3.00 bits per heavy atom. The average molecular weight is 235 g/mol. The highest BCUT2D eigenvalue weighted by atomic mass is 16.5. The van der Waals surface area contributed by atoms with Crippen LogP contribution in [0.5, 0.6) is 5.75 Å². The molecule has 94 valence electrons. The molecule has 0 spiro atoms. The van der Waals surface area contributed by atoms with E-state index >= 15 is 0 Å². The quantitative estimate of drug-likeness (QED) is 0.790. The molecule has 0 saturated carbocycles. The standard InChI is InChI=1S/C14H21NO2/c1-15-7-6-12-10-14(5-4-13(12)11-15)17-9-3-2-8-16/h4-5,10,16H,2-3,6-9,11H2,1H3. The normalized spacial score (nSPS) is 15.6. The van der Waals surface area contributed by atoms with Gasteiger partial charge >= 0.3 is 0 Å². The molecule has 1 heterocycles. The molecule has 17 heavy (non-hydrogen) atoms. The van der Waals surface area contributed by atoms with Gasteiger partial charge in [0.2, 0.25) is 0 Å². The molecule has 0 aliphatic carbocycles. The number of fused-ring (bicyclic) bond motifs is 1. The zero-order valence-electron chi connectivity index (χ0n) is 10.5. The summed E-state index contributed by atoms with van der Waals surface area (Å²) >= 11 is 0. The van der Waals surface area contributed by atoms with Gasteiger partial charge in [-0.1, -0.05) is 6.07 Å². The molecule has 1 aromatic rings. The van der Waals surface area contributed by atoms with Crippen molar-refractivity contribution in [2.45, 2.75) is 25.8 Å². The van der Waals surface area contributed by atoms with E-state index in [0.717, 1.165) is 38.1 Å². The molecule has 0 radical (unpaired) electrons. The Bertz CT molecular complexity index is 365. The predicted octanol–water partition coefficient (Wildman–Crippen LogP) is 1.83. The Kier molecular flexibility index (Phi) is 4.40. The Morgan fingerprint density at radius 1 is 1.29 bits per heavy atom. The van der Waals surface area contributed by atoms with Crippen LogP contribution >= 0.6 is 0 Å². The number of nitrogens with zero attached hydrogens (tertiary/aromatic N) is 1. The molecule has 2 rings (SSSR count). The first-order valence-corrected chi connectivity index (χ1v) is 6.33. The third-order valence-electron chi connectivity index (χ3n) is 3.20. The van der Waals surface area contributed by atoms with Crippen molar-refractivity contribution in [3.8, 4) is 5.75 Å². The third kappa shape index (κ3) is 3.45. The van der Waals surface area contributed by atoms with Gasteiger partial charge in [0.25, 0.3) is 0 Å². The fourth-order valence-corrected chi connectivity index (χ4v) is 2.16. The summed E-state index contributed by atoms with van der Waals surface area (Å²) in [6, 6.07) is 6.39. The number of rotatable bonds is 5. The number of aliphatic hydroxyl groups excluding tert-OH is 1. The van der Waals surface area contributed by atoms with Crippen molar-refractivity contribution in [1.82, 2.24) is 4.90 Å². The van der Waals surface area contributed by atoms with E-state index in [9.17, 15) is 0 Å². The van der Waals surface area contributed by atoms with Gasteiger partial charge in [-0.25, -0.2) is 0 Å². The fraction of sp³-hybridized carbons (Fsp3) is 0.571. The molecule has 0 atom stereocenters. The van der Waals surface area contributed by atoms with Crippen LogP contribution in [-0.4, -0.2) is 36.8 Å². The first-order valence-electron chi connectivity index (χ1n) is 6.33. The topological polar surface area (TPSA) is 32.7 Å². The van der Waals surface area contributed by atoms with Crippen LogP contribution in [-0.2, 0) is 13.0 Å². The Hall–Kier alpha value is -1.06. The third-order valence-corrected chi connectivity index (χ3v) is 3.20. The van der Waals surface area contributed by atoms with Gasteiger partial charge in [0.05, 0.1) is 6.61 Å². The van der Waals surface area contributed by atoms with E-state index in [1.54, 1.807) is 0 Å². The Morgan fingerprint density at radius 2 is 2.18 bits per heavy atom.